The molecule has 5 nitrogen and oxygen atoms in total. The van der Waals surface area contributed by atoms with Gasteiger partial charge in [0.25, 0.3) is 0 Å². The molecule has 0 heterocycles. The highest BCUT2D eigenvalue weighted by Gasteiger charge is 2.11. The van der Waals surface area contributed by atoms with Crippen LogP contribution < -0.4 is 9.62 Å². The molecule has 0 radical (unpaired) electrons. The molecule has 24 heavy (non-hydrogen) atoms. The first-order valence-corrected chi connectivity index (χ1v) is 9.54. The molecule has 0 fully saturated rings. The number of hydrogen-bond acceptors (Lipinski definition) is 3. The van der Waals surface area contributed by atoms with Crippen LogP contribution in [0.1, 0.15) is 11.1 Å². The van der Waals surface area contributed by atoms with Crippen LogP contribution in [0.5, 0.6) is 0 Å². The number of carbonyl (C=O) groups is 1. The molecule has 128 valence electrons. The van der Waals surface area contributed by atoms with Gasteiger partial charge in [-0.3, -0.25) is 9.10 Å². The molecule has 1 amide bonds. The van der Waals surface area contributed by atoms with E-state index in [-0.39, 0.29) is 12.3 Å². The average Bonchev–Trinajstić information content (AvgIpc) is 2.55. The van der Waals surface area contributed by atoms with Gasteiger partial charge in [-0.05, 0) is 29.7 Å². The maximum absolute atomic E-state index is 12.0. The van der Waals surface area contributed by atoms with Crippen molar-refractivity contribution in [1.82, 2.24) is 5.32 Å². The predicted molar refractivity (Wildman–Crippen MR) is 96.5 cm³/mol. The van der Waals surface area contributed by atoms with Gasteiger partial charge in [-0.1, -0.05) is 42.5 Å². The minimum Gasteiger partial charge on any atom is -0.355 e. The van der Waals surface area contributed by atoms with Gasteiger partial charge < -0.3 is 5.32 Å². The van der Waals surface area contributed by atoms with E-state index in [9.17, 15) is 13.2 Å². The van der Waals surface area contributed by atoms with Gasteiger partial charge in [-0.2, -0.15) is 0 Å². The lowest BCUT2D eigenvalue weighted by atomic mass is 10.1. The Morgan fingerprint density at radius 3 is 2.21 bits per heavy atom. The van der Waals surface area contributed by atoms with E-state index in [0.29, 0.717) is 12.2 Å². The van der Waals surface area contributed by atoms with Crippen molar-refractivity contribution in [3.63, 3.8) is 0 Å². The molecule has 2 aromatic rings. The van der Waals surface area contributed by atoms with Crippen molar-refractivity contribution in [3.05, 3.63) is 65.7 Å². The molecule has 2 rings (SSSR count). The van der Waals surface area contributed by atoms with E-state index in [0.717, 1.165) is 18.2 Å². The van der Waals surface area contributed by atoms with Crippen molar-refractivity contribution in [1.29, 1.82) is 0 Å². The third kappa shape index (κ3) is 5.38. The Morgan fingerprint density at radius 1 is 1.00 bits per heavy atom. The van der Waals surface area contributed by atoms with Crippen LogP contribution in [0.2, 0.25) is 0 Å². The molecule has 0 unspecified atom stereocenters. The smallest absolute Gasteiger partial charge is 0.231 e. The fraction of sp³-hybridized carbons (Fsp3) is 0.278. The zero-order valence-electron chi connectivity index (χ0n) is 13.9. The monoisotopic (exact) mass is 346 g/mol. The molecular formula is C18H22N2O3S. The first kappa shape index (κ1) is 18.0. The largest absolute Gasteiger partial charge is 0.355 e. The fourth-order valence-corrected chi connectivity index (χ4v) is 2.76. The van der Waals surface area contributed by atoms with Crippen molar-refractivity contribution < 1.29 is 13.2 Å². The summed E-state index contributed by atoms with van der Waals surface area (Å²) in [6.07, 6.45) is 2.23. The number of nitrogens with one attached hydrogen (secondary N) is 1. The van der Waals surface area contributed by atoms with Gasteiger partial charge in [-0.15, -0.1) is 0 Å². The number of carbonyl (C=O) groups excluding carboxylic acids is 1. The second kappa shape index (κ2) is 7.97. The van der Waals surface area contributed by atoms with Crippen LogP contribution in [0, 0.1) is 0 Å². The number of sulfonamides is 1. The molecule has 6 heteroatoms. The van der Waals surface area contributed by atoms with E-state index < -0.39 is 10.0 Å². The summed E-state index contributed by atoms with van der Waals surface area (Å²) >= 11 is 0. The normalized spacial score (nSPS) is 11.1. The summed E-state index contributed by atoms with van der Waals surface area (Å²) in [5.74, 6) is -0.0462. The Hall–Kier alpha value is -2.34. The van der Waals surface area contributed by atoms with E-state index in [1.807, 2.05) is 30.3 Å². The number of benzene rings is 2. The molecule has 1 N–H and O–H groups in total. The standard InChI is InChI=1S/C18H22N2O3S/c1-20(24(2,22)23)17-10-8-16(9-11-17)14-18(21)19-13-12-15-6-4-3-5-7-15/h3-11H,12-14H2,1-2H3,(H,19,21). The molecule has 0 aliphatic carbocycles. The molecule has 0 saturated carbocycles. The van der Waals surface area contributed by atoms with Gasteiger partial charge in [0.2, 0.25) is 15.9 Å². The highest BCUT2D eigenvalue weighted by atomic mass is 32.2. The minimum atomic E-state index is -3.28. The second-order valence-electron chi connectivity index (χ2n) is 5.66. The van der Waals surface area contributed by atoms with Crippen molar-refractivity contribution in [3.8, 4) is 0 Å². The zero-order valence-corrected chi connectivity index (χ0v) is 14.7. The summed E-state index contributed by atoms with van der Waals surface area (Å²) in [6, 6.07) is 16.9. The third-order valence-corrected chi connectivity index (χ3v) is 4.95. The molecule has 0 saturated heterocycles. The molecule has 0 atom stereocenters. The average molecular weight is 346 g/mol. The van der Waals surface area contributed by atoms with E-state index in [1.165, 1.54) is 16.9 Å². The van der Waals surface area contributed by atoms with Crippen molar-refractivity contribution >= 4 is 21.6 Å². The Morgan fingerprint density at radius 2 is 1.62 bits per heavy atom. The maximum atomic E-state index is 12.0. The summed E-state index contributed by atoms with van der Waals surface area (Å²) in [5.41, 5.74) is 2.61. The van der Waals surface area contributed by atoms with Gasteiger partial charge in [0.05, 0.1) is 18.4 Å². The summed E-state index contributed by atoms with van der Waals surface area (Å²) in [5, 5.41) is 2.90. The maximum Gasteiger partial charge on any atom is 0.231 e. The van der Waals surface area contributed by atoms with Gasteiger partial charge in [0.15, 0.2) is 0 Å². The summed E-state index contributed by atoms with van der Waals surface area (Å²) in [7, 11) is -1.78. The molecule has 0 spiro atoms. The Balaban J connectivity index is 1.84. The first-order chi connectivity index (χ1) is 11.4. The minimum absolute atomic E-state index is 0.0462. The Kier molecular flexibility index (Phi) is 5.98. The van der Waals surface area contributed by atoms with Gasteiger partial charge in [0, 0.05) is 13.6 Å². The lowest BCUT2D eigenvalue weighted by molar-refractivity contribution is -0.120. The highest BCUT2D eigenvalue weighted by molar-refractivity contribution is 7.92. The molecule has 0 bridgehead atoms. The topological polar surface area (TPSA) is 66.5 Å². The van der Waals surface area contributed by atoms with Crippen molar-refractivity contribution in [2.75, 3.05) is 24.2 Å². The number of nitrogens with zero attached hydrogens (tertiary/aromatic N) is 1. The van der Waals surface area contributed by atoms with Crippen LogP contribution in [-0.4, -0.2) is 34.2 Å². The second-order valence-corrected chi connectivity index (χ2v) is 7.67. The van der Waals surface area contributed by atoms with Crippen LogP contribution in [-0.2, 0) is 27.7 Å². The van der Waals surface area contributed by atoms with Crippen molar-refractivity contribution in [2.24, 2.45) is 0 Å². The third-order valence-electron chi connectivity index (χ3n) is 3.74. The van der Waals surface area contributed by atoms with Crippen LogP contribution in [0.4, 0.5) is 5.69 Å². The quantitative estimate of drug-likeness (QED) is 0.834. The fourth-order valence-electron chi connectivity index (χ4n) is 2.25. The summed E-state index contributed by atoms with van der Waals surface area (Å²) in [6.45, 7) is 0.595. The molecule has 2 aromatic carbocycles. The summed E-state index contributed by atoms with van der Waals surface area (Å²) < 4.78 is 24.2. The van der Waals surface area contributed by atoms with Crippen molar-refractivity contribution in [2.45, 2.75) is 12.8 Å². The summed E-state index contributed by atoms with van der Waals surface area (Å²) in [4.78, 5) is 12.0. The van der Waals surface area contributed by atoms with Crippen LogP contribution in [0.25, 0.3) is 0 Å². The Bertz CT molecular complexity index is 772. The number of hydrogen-bond donors (Lipinski definition) is 1. The van der Waals surface area contributed by atoms with Gasteiger partial charge >= 0.3 is 0 Å². The molecular weight excluding hydrogens is 324 g/mol. The molecule has 0 aliphatic rings. The van der Waals surface area contributed by atoms with E-state index in [4.69, 9.17) is 0 Å². The number of rotatable bonds is 7. The van der Waals surface area contributed by atoms with Crippen LogP contribution >= 0.6 is 0 Å². The lowest BCUT2D eigenvalue weighted by Crippen LogP contribution is -2.27. The SMILES string of the molecule is CN(c1ccc(CC(=O)NCCc2ccccc2)cc1)S(C)(=O)=O. The van der Waals surface area contributed by atoms with Gasteiger partial charge in [0.1, 0.15) is 0 Å². The molecule has 0 aliphatic heterocycles. The predicted octanol–water partition coefficient (Wildman–Crippen LogP) is 1.98. The number of anilines is 1. The highest BCUT2D eigenvalue weighted by Crippen LogP contribution is 2.16. The number of amides is 1. The zero-order chi connectivity index (χ0) is 17.6. The molecule has 0 aromatic heterocycles. The van der Waals surface area contributed by atoms with Crippen LogP contribution in [0.15, 0.2) is 54.6 Å². The van der Waals surface area contributed by atoms with Gasteiger partial charge in [-0.25, -0.2) is 8.42 Å². The Labute approximate surface area is 143 Å². The first-order valence-electron chi connectivity index (χ1n) is 7.70. The van der Waals surface area contributed by atoms with Crippen LogP contribution in [0.3, 0.4) is 0 Å². The lowest BCUT2D eigenvalue weighted by Gasteiger charge is -2.16. The van der Waals surface area contributed by atoms with E-state index in [1.54, 1.807) is 24.3 Å². The van der Waals surface area contributed by atoms with E-state index >= 15 is 0 Å². The van der Waals surface area contributed by atoms with E-state index in [2.05, 4.69) is 5.32 Å².